The van der Waals surface area contributed by atoms with Crippen LogP contribution in [0.1, 0.15) is 42.3 Å². The maximum absolute atomic E-state index is 13.8. The zero-order chi connectivity index (χ0) is 11.4. The smallest absolute Gasteiger partial charge is 0.131 e. The van der Waals surface area contributed by atoms with Gasteiger partial charge in [-0.05, 0) is 30.4 Å². The van der Waals surface area contributed by atoms with Gasteiger partial charge in [0, 0.05) is 11.1 Å². The highest BCUT2D eigenvalue weighted by molar-refractivity contribution is 6.21. The molecule has 0 nitrogen and oxygen atoms in total. The van der Waals surface area contributed by atoms with Gasteiger partial charge in [0.1, 0.15) is 11.6 Å². The Morgan fingerprint density at radius 2 is 2.00 bits per heavy atom. The van der Waals surface area contributed by atoms with E-state index in [1.807, 2.05) is 13.8 Å². The van der Waals surface area contributed by atoms with Crippen molar-refractivity contribution in [3.05, 3.63) is 34.4 Å². The predicted molar refractivity (Wildman–Crippen MR) is 57.3 cm³/mol. The Morgan fingerprint density at radius 3 is 2.60 bits per heavy atom. The number of hydrogen-bond donors (Lipinski definition) is 0. The fourth-order valence-corrected chi connectivity index (χ4v) is 3.00. The van der Waals surface area contributed by atoms with E-state index in [0.717, 1.165) is 0 Å². The molecule has 0 fully saturated rings. The van der Waals surface area contributed by atoms with Crippen LogP contribution in [0, 0.1) is 18.6 Å². The summed E-state index contributed by atoms with van der Waals surface area (Å²) in [7, 11) is 0. The fraction of sp³-hybridized carbons (Fsp3) is 0.500. The van der Waals surface area contributed by atoms with E-state index in [1.165, 1.54) is 6.07 Å². The summed E-state index contributed by atoms with van der Waals surface area (Å²) in [4.78, 5) is 0. The molecule has 1 unspecified atom stereocenters. The largest absolute Gasteiger partial charge is 0.207 e. The molecule has 1 aliphatic rings. The number of hydrogen-bond acceptors (Lipinski definition) is 0. The Kier molecular flexibility index (Phi) is 2.30. The molecule has 1 aromatic rings. The van der Waals surface area contributed by atoms with E-state index in [1.54, 1.807) is 6.92 Å². The molecule has 1 atom stereocenters. The second kappa shape index (κ2) is 3.18. The quantitative estimate of drug-likeness (QED) is 0.585. The molecule has 15 heavy (non-hydrogen) atoms. The van der Waals surface area contributed by atoms with Gasteiger partial charge >= 0.3 is 0 Å². The summed E-state index contributed by atoms with van der Waals surface area (Å²) in [5.74, 6) is -0.686. The number of rotatable bonds is 0. The lowest BCUT2D eigenvalue weighted by molar-refractivity contribution is 0.484. The van der Waals surface area contributed by atoms with Crippen molar-refractivity contribution in [3.8, 4) is 0 Å². The van der Waals surface area contributed by atoms with Crippen molar-refractivity contribution in [1.82, 2.24) is 0 Å². The van der Waals surface area contributed by atoms with Crippen LogP contribution in [0.3, 0.4) is 0 Å². The molecule has 1 aliphatic carbocycles. The summed E-state index contributed by atoms with van der Waals surface area (Å²) < 4.78 is 27.6. The van der Waals surface area contributed by atoms with Gasteiger partial charge in [0.25, 0.3) is 0 Å². The minimum absolute atomic E-state index is 0.328. The van der Waals surface area contributed by atoms with Crippen LogP contribution in [-0.4, -0.2) is 0 Å². The van der Waals surface area contributed by atoms with Gasteiger partial charge in [0.2, 0.25) is 0 Å². The molecular weight excluding hydrogens is 218 g/mol. The minimum atomic E-state index is -0.413. The number of halogens is 3. The minimum Gasteiger partial charge on any atom is -0.207 e. The first-order chi connectivity index (χ1) is 6.84. The van der Waals surface area contributed by atoms with Crippen molar-refractivity contribution in [2.24, 2.45) is 0 Å². The molecule has 0 N–H and O–H groups in total. The van der Waals surface area contributed by atoms with Crippen LogP contribution in [-0.2, 0) is 5.41 Å². The highest BCUT2D eigenvalue weighted by Crippen LogP contribution is 2.50. The van der Waals surface area contributed by atoms with E-state index in [9.17, 15) is 8.78 Å². The number of fused-ring (bicyclic) bond motifs is 1. The van der Waals surface area contributed by atoms with Crippen molar-refractivity contribution in [3.63, 3.8) is 0 Å². The number of benzene rings is 1. The van der Waals surface area contributed by atoms with Crippen LogP contribution >= 0.6 is 11.6 Å². The summed E-state index contributed by atoms with van der Waals surface area (Å²) >= 11 is 6.07. The van der Waals surface area contributed by atoms with Crippen LogP contribution in [0.4, 0.5) is 8.78 Å². The average Bonchev–Trinajstić information content (AvgIpc) is 2.32. The number of alkyl halides is 1. The molecule has 0 spiro atoms. The van der Waals surface area contributed by atoms with Gasteiger partial charge in [-0.3, -0.25) is 0 Å². The normalized spacial score (nSPS) is 22.9. The van der Waals surface area contributed by atoms with E-state index >= 15 is 0 Å². The summed E-state index contributed by atoms with van der Waals surface area (Å²) in [6, 6.07) is 1.25. The van der Waals surface area contributed by atoms with Crippen molar-refractivity contribution in [2.75, 3.05) is 0 Å². The Hall–Kier alpha value is -0.630. The number of aryl methyl sites for hydroxylation is 1. The first kappa shape index (κ1) is 10.9. The summed E-state index contributed by atoms with van der Waals surface area (Å²) in [5, 5.41) is -0.413. The molecule has 3 heteroatoms. The third-order valence-electron chi connectivity index (χ3n) is 3.11. The van der Waals surface area contributed by atoms with Crippen molar-refractivity contribution in [1.29, 1.82) is 0 Å². The van der Waals surface area contributed by atoms with Crippen LogP contribution in [0.15, 0.2) is 6.07 Å². The van der Waals surface area contributed by atoms with E-state index in [4.69, 9.17) is 11.6 Å². The van der Waals surface area contributed by atoms with Crippen LogP contribution in [0.5, 0.6) is 0 Å². The van der Waals surface area contributed by atoms with E-state index in [0.29, 0.717) is 23.1 Å². The lowest BCUT2D eigenvalue weighted by atomic mass is 9.86. The van der Waals surface area contributed by atoms with Crippen LogP contribution < -0.4 is 0 Å². The standard InChI is InChI=1S/C12H13ClF2/c1-6-4-8(14)10-9(11(6)15)7(13)5-12(10,2)3/h4,7H,5H2,1-3H3. The molecule has 0 radical (unpaired) electrons. The summed E-state index contributed by atoms with van der Waals surface area (Å²) in [6.07, 6.45) is 0.585. The second-order valence-electron chi connectivity index (χ2n) is 4.83. The third-order valence-corrected chi connectivity index (χ3v) is 3.49. The van der Waals surface area contributed by atoms with Gasteiger partial charge in [0.05, 0.1) is 5.38 Å². The molecule has 82 valence electrons. The lowest BCUT2D eigenvalue weighted by Crippen LogP contribution is -2.14. The zero-order valence-electron chi connectivity index (χ0n) is 9.00. The molecular formula is C12H13ClF2. The maximum Gasteiger partial charge on any atom is 0.131 e. The Bertz CT molecular complexity index is 424. The van der Waals surface area contributed by atoms with Crippen molar-refractivity contribution < 1.29 is 8.78 Å². The molecule has 0 bridgehead atoms. The molecule has 0 amide bonds. The van der Waals surface area contributed by atoms with Crippen molar-refractivity contribution in [2.45, 2.75) is 38.0 Å². The van der Waals surface area contributed by atoms with Crippen LogP contribution in [0.2, 0.25) is 0 Å². The first-order valence-corrected chi connectivity index (χ1v) is 5.41. The average molecular weight is 231 g/mol. The third kappa shape index (κ3) is 1.46. The Morgan fingerprint density at radius 1 is 1.40 bits per heavy atom. The van der Waals surface area contributed by atoms with Gasteiger partial charge in [0.15, 0.2) is 0 Å². The van der Waals surface area contributed by atoms with Gasteiger partial charge < -0.3 is 0 Å². The first-order valence-electron chi connectivity index (χ1n) is 4.97. The Balaban J connectivity index is 2.78. The van der Waals surface area contributed by atoms with Crippen LogP contribution in [0.25, 0.3) is 0 Å². The molecule has 2 rings (SSSR count). The van der Waals surface area contributed by atoms with Gasteiger partial charge in [-0.25, -0.2) is 8.78 Å². The fourth-order valence-electron chi connectivity index (χ4n) is 2.41. The predicted octanol–water partition coefficient (Wildman–Crippen LogP) is 4.23. The molecule has 0 aromatic heterocycles. The Labute approximate surface area is 93.2 Å². The van der Waals surface area contributed by atoms with E-state index < -0.39 is 5.38 Å². The lowest BCUT2D eigenvalue weighted by Gasteiger charge is -2.19. The highest BCUT2D eigenvalue weighted by Gasteiger charge is 2.40. The topological polar surface area (TPSA) is 0 Å². The van der Waals surface area contributed by atoms with E-state index in [-0.39, 0.29) is 17.0 Å². The molecule has 0 saturated heterocycles. The molecule has 0 saturated carbocycles. The van der Waals surface area contributed by atoms with Gasteiger partial charge in [-0.15, -0.1) is 11.6 Å². The van der Waals surface area contributed by atoms with Gasteiger partial charge in [-0.1, -0.05) is 13.8 Å². The van der Waals surface area contributed by atoms with E-state index in [2.05, 4.69) is 0 Å². The SMILES string of the molecule is Cc1cc(F)c2c(c1F)C(Cl)CC2(C)C. The monoisotopic (exact) mass is 230 g/mol. The summed E-state index contributed by atoms with van der Waals surface area (Å²) in [5.41, 5.74) is 0.764. The zero-order valence-corrected chi connectivity index (χ0v) is 9.75. The second-order valence-corrected chi connectivity index (χ2v) is 5.36. The highest BCUT2D eigenvalue weighted by atomic mass is 35.5. The molecule has 0 aliphatic heterocycles. The summed E-state index contributed by atoms with van der Waals surface area (Å²) in [6.45, 7) is 5.35. The maximum atomic E-state index is 13.8. The molecule has 0 heterocycles. The van der Waals surface area contributed by atoms with Gasteiger partial charge in [-0.2, -0.15) is 0 Å². The van der Waals surface area contributed by atoms with Crippen molar-refractivity contribution >= 4 is 11.6 Å². The molecule has 1 aromatic carbocycles.